The van der Waals surface area contributed by atoms with Gasteiger partial charge in [0.05, 0.1) is 0 Å². The van der Waals surface area contributed by atoms with E-state index in [1.165, 1.54) is 0 Å². The summed E-state index contributed by atoms with van der Waals surface area (Å²) in [7, 11) is 0. The van der Waals surface area contributed by atoms with Gasteiger partial charge in [0, 0.05) is 44.0 Å². The third-order valence-electron chi connectivity index (χ3n) is 5.06. The lowest BCUT2D eigenvalue weighted by molar-refractivity contribution is -0.131. The van der Waals surface area contributed by atoms with Crippen molar-refractivity contribution in [3.63, 3.8) is 0 Å². The highest BCUT2D eigenvalue weighted by Crippen LogP contribution is 2.20. The Kier molecular flexibility index (Phi) is 7.11. The quantitative estimate of drug-likeness (QED) is 0.780. The summed E-state index contributed by atoms with van der Waals surface area (Å²) in [6.07, 6.45) is 1.52. The minimum Gasteiger partial charge on any atom is -0.483 e. The van der Waals surface area contributed by atoms with Crippen LogP contribution in [0.5, 0.6) is 5.75 Å². The first-order valence-electron chi connectivity index (χ1n) is 10.2. The van der Waals surface area contributed by atoms with Crippen LogP contribution in [0.15, 0.2) is 48.5 Å². The number of para-hydroxylation sites is 1. The van der Waals surface area contributed by atoms with Crippen LogP contribution in [0.2, 0.25) is 0 Å². The van der Waals surface area contributed by atoms with Gasteiger partial charge >= 0.3 is 0 Å². The van der Waals surface area contributed by atoms with Crippen LogP contribution in [0.4, 0.5) is 11.4 Å². The fraction of sp³-hybridized carbons (Fsp3) is 0.391. The minimum absolute atomic E-state index is 0.0274. The number of aryl methyl sites for hydroxylation is 1. The molecule has 0 bridgehead atoms. The second kappa shape index (κ2) is 9.96. The number of hydrogen-bond acceptors (Lipinski definition) is 4. The van der Waals surface area contributed by atoms with Gasteiger partial charge in [-0.1, -0.05) is 25.1 Å². The van der Waals surface area contributed by atoms with Crippen LogP contribution in [0.1, 0.15) is 25.3 Å². The number of piperazine rings is 1. The fourth-order valence-electron chi connectivity index (χ4n) is 3.40. The first-order chi connectivity index (χ1) is 14.1. The summed E-state index contributed by atoms with van der Waals surface area (Å²) in [6, 6.07) is 15.4. The van der Waals surface area contributed by atoms with E-state index in [1.54, 1.807) is 0 Å². The molecule has 0 saturated carbocycles. The first kappa shape index (κ1) is 20.7. The van der Waals surface area contributed by atoms with E-state index >= 15 is 0 Å². The Morgan fingerprint density at radius 2 is 1.69 bits per heavy atom. The number of rotatable bonds is 7. The number of benzene rings is 2. The molecule has 1 aliphatic heterocycles. The minimum atomic E-state index is -0.191. The molecule has 2 aromatic carbocycles. The van der Waals surface area contributed by atoms with Crippen LogP contribution in [0, 0.1) is 6.92 Å². The first-order valence-corrected chi connectivity index (χ1v) is 10.2. The van der Waals surface area contributed by atoms with Gasteiger partial charge in [-0.15, -0.1) is 0 Å². The van der Waals surface area contributed by atoms with E-state index in [0.29, 0.717) is 6.42 Å². The number of hydrogen-bond donors (Lipinski definition) is 1. The van der Waals surface area contributed by atoms with E-state index < -0.39 is 0 Å². The van der Waals surface area contributed by atoms with Gasteiger partial charge in [0.2, 0.25) is 5.91 Å². The lowest BCUT2D eigenvalue weighted by Gasteiger charge is -2.36. The Hall–Kier alpha value is -3.02. The highest BCUT2D eigenvalue weighted by molar-refractivity contribution is 5.92. The van der Waals surface area contributed by atoms with Crippen molar-refractivity contribution in [1.29, 1.82) is 0 Å². The maximum absolute atomic E-state index is 12.2. The molecular weight excluding hydrogens is 366 g/mol. The molecule has 2 amide bonds. The Morgan fingerprint density at radius 3 is 2.34 bits per heavy atom. The molecule has 0 spiro atoms. The maximum Gasteiger partial charge on any atom is 0.262 e. The summed E-state index contributed by atoms with van der Waals surface area (Å²) >= 11 is 0. The van der Waals surface area contributed by atoms with Gasteiger partial charge in [-0.05, 0) is 49.2 Å². The van der Waals surface area contributed by atoms with Gasteiger partial charge in [0.1, 0.15) is 5.75 Å². The summed E-state index contributed by atoms with van der Waals surface area (Å²) in [4.78, 5) is 28.4. The third kappa shape index (κ3) is 5.73. The highest BCUT2D eigenvalue weighted by Gasteiger charge is 2.20. The van der Waals surface area contributed by atoms with Gasteiger partial charge in [0.25, 0.3) is 5.91 Å². The zero-order valence-electron chi connectivity index (χ0n) is 17.2. The van der Waals surface area contributed by atoms with E-state index in [0.717, 1.165) is 55.3 Å². The van der Waals surface area contributed by atoms with E-state index in [1.807, 2.05) is 67.3 Å². The Labute approximate surface area is 172 Å². The van der Waals surface area contributed by atoms with Crippen LogP contribution in [-0.4, -0.2) is 49.5 Å². The molecule has 154 valence electrons. The van der Waals surface area contributed by atoms with Crippen molar-refractivity contribution >= 4 is 23.2 Å². The summed E-state index contributed by atoms with van der Waals surface area (Å²) in [6.45, 7) is 7.12. The molecule has 1 heterocycles. The summed E-state index contributed by atoms with van der Waals surface area (Å²) < 4.78 is 5.58. The normalized spacial score (nSPS) is 13.9. The molecule has 2 aromatic rings. The SMILES string of the molecule is CCCC(=O)N1CCN(c2ccc(NC(=O)COc3ccccc3C)cc2)CC1. The van der Waals surface area contributed by atoms with Crippen molar-refractivity contribution in [3.8, 4) is 5.75 Å². The molecular formula is C23H29N3O3. The van der Waals surface area contributed by atoms with Crippen molar-refractivity contribution in [2.75, 3.05) is 43.0 Å². The second-order valence-corrected chi connectivity index (χ2v) is 7.27. The summed E-state index contributed by atoms with van der Waals surface area (Å²) in [5.74, 6) is 0.775. The zero-order valence-corrected chi connectivity index (χ0v) is 17.2. The van der Waals surface area contributed by atoms with E-state index in [4.69, 9.17) is 4.74 Å². The number of ether oxygens (including phenoxy) is 1. The monoisotopic (exact) mass is 395 g/mol. The predicted molar refractivity (Wildman–Crippen MR) is 115 cm³/mol. The molecule has 29 heavy (non-hydrogen) atoms. The van der Waals surface area contributed by atoms with Crippen molar-refractivity contribution < 1.29 is 14.3 Å². The van der Waals surface area contributed by atoms with Crippen molar-refractivity contribution in [1.82, 2.24) is 4.90 Å². The van der Waals surface area contributed by atoms with Crippen molar-refractivity contribution in [2.24, 2.45) is 0 Å². The van der Waals surface area contributed by atoms with Gasteiger partial charge in [-0.3, -0.25) is 9.59 Å². The number of carbonyl (C=O) groups is 2. The Balaban J connectivity index is 1.47. The molecule has 1 aliphatic rings. The standard InChI is InChI=1S/C23H29N3O3/c1-3-6-23(28)26-15-13-25(14-16-26)20-11-9-19(10-12-20)24-22(27)17-29-21-8-5-4-7-18(21)2/h4-5,7-12H,3,6,13-17H2,1-2H3,(H,24,27). The highest BCUT2D eigenvalue weighted by atomic mass is 16.5. The second-order valence-electron chi connectivity index (χ2n) is 7.27. The number of anilines is 2. The fourth-order valence-corrected chi connectivity index (χ4v) is 3.40. The van der Waals surface area contributed by atoms with Gasteiger partial charge in [-0.25, -0.2) is 0 Å². The van der Waals surface area contributed by atoms with Crippen molar-refractivity contribution in [2.45, 2.75) is 26.7 Å². The van der Waals surface area contributed by atoms with Crippen LogP contribution in [0.25, 0.3) is 0 Å². The van der Waals surface area contributed by atoms with Gasteiger partial charge in [-0.2, -0.15) is 0 Å². The molecule has 6 nitrogen and oxygen atoms in total. The molecule has 0 unspecified atom stereocenters. The van der Waals surface area contributed by atoms with Gasteiger partial charge < -0.3 is 19.9 Å². The zero-order chi connectivity index (χ0) is 20.6. The molecule has 3 rings (SSSR count). The summed E-state index contributed by atoms with van der Waals surface area (Å²) in [5.41, 5.74) is 2.84. The molecule has 0 aromatic heterocycles. The average molecular weight is 396 g/mol. The molecule has 1 saturated heterocycles. The molecule has 1 N–H and O–H groups in total. The lowest BCUT2D eigenvalue weighted by atomic mass is 10.2. The predicted octanol–water partition coefficient (Wildman–Crippen LogP) is 3.46. The van der Waals surface area contributed by atoms with Crippen LogP contribution >= 0.6 is 0 Å². The number of nitrogens with zero attached hydrogens (tertiary/aromatic N) is 2. The summed E-state index contributed by atoms with van der Waals surface area (Å²) in [5, 5.41) is 2.86. The van der Waals surface area contributed by atoms with Gasteiger partial charge in [0.15, 0.2) is 6.61 Å². The smallest absolute Gasteiger partial charge is 0.262 e. The molecule has 0 radical (unpaired) electrons. The van der Waals surface area contributed by atoms with E-state index in [-0.39, 0.29) is 18.4 Å². The number of amides is 2. The molecule has 0 aliphatic carbocycles. The third-order valence-corrected chi connectivity index (χ3v) is 5.06. The van der Waals surface area contributed by atoms with E-state index in [9.17, 15) is 9.59 Å². The van der Waals surface area contributed by atoms with Crippen LogP contribution in [-0.2, 0) is 9.59 Å². The Morgan fingerprint density at radius 1 is 1.00 bits per heavy atom. The maximum atomic E-state index is 12.2. The number of carbonyl (C=O) groups excluding carboxylic acids is 2. The lowest BCUT2D eigenvalue weighted by Crippen LogP contribution is -2.48. The molecule has 6 heteroatoms. The molecule has 0 atom stereocenters. The van der Waals surface area contributed by atoms with E-state index in [2.05, 4.69) is 10.2 Å². The average Bonchev–Trinajstić information content (AvgIpc) is 2.74. The van der Waals surface area contributed by atoms with Crippen molar-refractivity contribution in [3.05, 3.63) is 54.1 Å². The Bertz CT molecular complexity index is 828. The van der Waals surface area contributed by atoms with Crippen LogP contribution < -0.4 is 15.0 Å². The topological polar surface area (TPSA) is 61.9 Å². The van der Waals surface area contributed by atoms with Crippen LogP contribution in [0.3, 0.4) is 0 Å². The molecule has 1 fully saturated rings. The largest absolute Gasteiger partial charge is 0.483 e. The number of nitrogens with one attached hydrogen (secondary N) is 1.